The fourth-order valence-corrected chi connectivity index (χ4v) is 4.06. The molecule has 3 rings (SSSR count). The average molecular weight is 557 g/mol. The third-order valence-electron chi connectivity index (χ3n) is 6.50. The van der Waals surface area contributed by atoms with Gasteiger partial charge in [-0.05, 0) is 49.4 Å². The van der Waals surface area contributed by atoms with Gasteiger partial charge in [0.25, 0.3) is 0 Å². The summed E-state index contributed by atoms with van der Waals surface area (Å²) >= 11 is 0. The predicted molar refractivity (Wildman–Crippen MR) is 146 cm³/mol. The second-order valence-electron chi connectivity index (χ2n) is 9.72. The minimum atomic E-state index is -1.25. The molecular formula is C32H38F2O6. The van der Waals surface area contributed by atoms with Crippen molar-refractivity contribution < 1.29 is 37.3 Å². The van der Waals surface area contributed by atoms with E-state index in [-0.39, 0.29) is 18.8 Å². The van der Waals surface area contributed by atoms with Crippen molar-refractivity contribution in [2.75, 3.05) is 13.2 Å². The second kappa shape index (κ2) is 16.1. The Balaban J connectivity index is 1.70. The Bertz CT molecular complexity index is 1150. The number of esters is 2. The number of hydrogen-bond acceptors (Lipinski definition) is 6. The molecule has 1 fully saturated rings. The van der Waals surface area contributed by atoms with E-state index in [1.165, 1.54) is 6.07 Å². The van der Waals surface area contributed by atoms with Gasteiger partial charge in [-0.3, -0.25) is 0 Å². The number of halogens is 2. The molecule has 0 unspecified atom stereocenters. The topological polar surface area (TPSA) is 71.1 Å². The minimum Gasteiger partial charge on any atom is -0.464 e. The van der Waals surface area contributed by atoms with E-state index in [0.29, 0.717) is 36.0 Å². The number of carbonyl (C=O) groups excluding carboxylic acids is 2. The lowest BCUT2D eigenvalue weighted by Gasteiger charge is -2.14. The normalized spacial score (nSPS) is 16.8. The average Bonchev–Trinajstić information content (AvgIpc) is 3.41. The maximum atomic E-state index is 14.6. The highest BCUT2D eigenvalue weighted by atomic mass is 19.2. The Hall–Kier alpha value is -3.28. The van der Waals surface area contributed by atoms with Crippen molar-refractivity contribution in [2.24, 2.45) is 0 Å². The minimum absolute atomic E-state index is 0.0165. The van der Waals surface area contributed by atoms with Gasteiger partial charge in [-0.15, -0.1) is 0 Å². The number of aryl methyl sites for hydroxylation is 1. The summed E-state index contributed by atoms with van der Waals surface area (Å²) < 4.78 is 51.2. The molecule has 6 nitrogen and oxygen atoms in total. The molecule has 0 radical (unpaired) electrons. The first-order valence-corrected chi connectivity index (χ1v) is 14.1. The molecule has 0 aliphatic carbocycles. The number of ether oxygens (including phenoxy) is 4. The van der Waals surface area contributed by atoms with Crippen LogP contribution in [0.4, 0.5) is 8.78 Å². The van der Waals surface area contributed by atoms with E-state index >= 15 is 0 Å². The van der Waals surface area contributed by atoms with Crippen molar-refractivity contribution in [2.45, 2.75) is 90.6 Å². The molecule has 40 heavy (non-hydrogen) atoms. The third kappa shape index (κ3) is 8.61. The zero-order valence-corrected chi connectivity index (χ0v) is 23.5. The molecule has 1 aliphatic heterocycles. The third-order valence-corrected chi connectivity index (χ3v) is 6.50. The Labute approximate surface area is 235 Å². The zero-order valence-electron chi connectivity index (χ0n) is 23.5. The van der Waals surface area contributed by atoms with Gasteiger partial charge in [0.05, 0.1) is 18.8 Å². The Morgan fingerprint density at radius 1 is 0.750 bits per heavy atom. The molecule has 0 spiro atoms. The smallest absolute Gasteiger partial charge is 0.338 e. The van der Waals surface area contributed by atoms with E-state index < -0.39 is 42.1 Å². The number of hydrogen-bond donors (Lipinski definition) is 0. The summed E-state index contributed by atoms with van der Waals surface area (Å²) in [5.41, 5.74) is 1.45. The number of benzene rings is 2. The van der Waals surface area contributed by atoms with E-state index in [1.54, 1.807) is 30.3 Å². The molecule has 1 heterocycles. The van der Waals surface area contributed by atoms with Gasteiger partial charge < -0.3 is 18.9 Å². The van der Waals surface area contributed by atoms with Gasteiger partial charge in [-0.2, -0.15) is 0 Å². The highest BCUT2D eigenvalue weighted by molar-refractivity contribution is 5.86. The summed E-state index contributed by atoms with van der Waals surface area (Å²) in [6.45, 7) is 6.44. The van der Waals surface area contributed by atoms with Gasteiger partial charge in [0.2, 0.25) is 0 Å². The van der Waals surface area contributed by atoms with Crippen molar-refractivity contribution in [3.8, 4) is 11.8 Å². The van der Waals surface area contributed by atoms with Gasteiger partial charge >= 0.3 is 11.9 Å². The summed E-state index contributed by atoms with van der Waals surface area (Å²) in [6, 6.07) is 9.78. The largest absolute Gasteiger partial charge is 0.464 e. The number of rotatable bonds is 13. The highest BCUT2D eigenvalue weighted by Gasteiger charge is 2.47. The summed E-state index contributed by atoms with van der Waals surface area (Å²) in [5, 5.41) is 0. The standard InChI is InChI=1S/C32H38F2O6/c1-4-7-10-11-23-18-19-24(27(34)26(23)33)15-12-22-13-16-25(17-14-22)32-39-28(30(35)37-20-8-5-2)29(40-32)31(36)38-21-9-6-3/h13-14,16-19,28-29,32H,4-11,20-21H2,1-3H3/t28-,29-/m1/s1. The van der Waals surface area contributed by atoms with Crippen molar-refractivity contribution in [3.63, 3.8) is 0 Å². The van der Waals surface area contributed by atoms with Crippen LogP contribution in [0.2, 0.25) is 0 Å². The fraction of sp³-hybridized carbons (Fsp3) is 0.500. The maximum absolute atomic E-state index is 14.6. The van der Waals surface area contributed by atoms with Crippen LogP contribution in [-0.4, -0.2) is 37.4 Å². The van der Waals surface area contributed by atoms with E-state index in [1.807, 2.05) is 13.8 Å². The van der Waals surface area contributed by atoms with Crippen LogP contribution < -0.4 is 0 Å². The number of unbranched alkanes of at least 4 members (excludes halogenated alkanes) is 4. The Morgan fingerprint density at radius 2 is 1.32 bits per heavy atom. The molecule has 2 atom stereocenters. The first-order chi connectivity index (χ1) is 19.4. The summed E-state index contributed by atoms with van der Waals surface area (Å²) in [6.07, 6.45) is 2.84. The lowest BCUT2D eigenvalue weighted by atomic mass is 10.0. The molecule has 1 saturated heterocycles. The lowest BCUT2D eigenvalue weighted by Crippen LogP contribution is -2.39. The molecule has 2 aromatic carbocycles. The number of carbonyl (C=O) groups is 2. The fourth-order valence-electron chi connectivity index (χ4n) is 4.06. The van der Waals surface area contributed by atoms with Crippen molar-refractivity contribution in [1.82, 2.24) is 0 Å². The zero-order chi connectivity index (χ0) is 28.9. The summed E-state index contributed by atoms with van der Waals surface area (Å²) in [7, 11) is 0. The van der Waals surface area contributed by atoms with Gasteiger partial charge in [0, 0.05) is 11.1 Å². The van der Waals surface area contributed by atoms with E-state index in [9.17, 15) is 18.4 Å². The van der Waals surface area contributed by atoms with E-state index in [2.05, 4.69) is 18.8 Å². The monoisotopic (exact) mass is 556 g/mol. The molecular weight excluding hydrogens is 518 g/mol. The quantitative estimate of drug-likeness (QED) is 0.158. The van der Waals surface area contributed by atoms with Crippen LogP contribution >= 0.6 is 0 Å². The predicted octanol–water partition coefficient (Wildman–Crippen LogP) is 6.57. The lowest BCUT2D eigenvalue weighted by molar-refractivity contribution is -0.163. The molecule has 2 aromatic rings. The Kier molecular flexibility index (Phi) is 12.6. The van der Waals surface area contributed by atoms with Crippen LogP contribution in [0.15, 0.2) is 36.4 Å². The highest BCUT2D eigenvalue weighted by Crippen LogP contribution is 2.33. The van der Waals surface area contributed by atoms with E-state index in [4.69, 9.17) is 18.9 Å². The van der Waals surface area contributed by atoms with Crippen molar-refractivity contribution >= 4 is 11.9 Å². The molecule has 0 aromatic heterocycles. The molecule has 0 bridgehead atoms. The first kappa shape index (κ1) is 31.3. The summed E-state index contributed by atoms with van der Waals surface area (Å²) in [4.78, 5) is 25.3. The van der Waals surface area contributed by atoms with Crippen LogP contribution in [-0.2, 0) is 35.0 Å². The Morgan fingerprint density at radius 3 is 1.88 bits per heavy atom. The molecule has 0 N–H and O–H groups in total. The molecule has 216 valence electrons. The van der Waals surface area contributed by atoms with Crippen LogP contribution in [0.3, 0.4) is 0 Å². The van der Waals surface area contributed by atoms with Crippen LogP contribution in [0.1, 0.15) is 94.3 Å². The SMILES string of the molecule is CCCCCc1ccc(C#Cc2ccc(C3O[C@@H](C(=O)OCCCC)[C@H](C(=O)OCCCC)O3)cc2)c(F)c1F. The molecule has 1 aliphatic rings. The first-order valence-electron chi connectivity index (χ1n) is 14.1. The van der Waals surface area contributed by atoms with Crippen LogP contribution in [0, 0.1) is 23.5 Å². The van der Waals surface area contributed by atoms with Crippen molar-refractivity contribution in [3.05, 3.63) is 70.3 Å². The van der Waals surface area contributed by atoms with Gasteiger partial charge in [0.15, 0.2) is 30.1 Å². The van der Waals surface area contributed by atoms with Crippen molar-refractivity contribution in [1.29, 1.82) is 0 Å². The second-order valence-corrected chi connectivity index (χ2v) is 9.72. The molecule has 0 saturated carbocycles. The van der Waals surface area contributed by atoms with Gasteiger partial charge in [0.1, 0.15) is 0 Å². The van der Waals surface area contributed by atoms with Gasteiger partial charge in [-0.25, -0.2) is 18.4 Å². The van der Waals surface area contributed by atoms with Gasteiger partial charge in [-0.1, -0.05) is 76.5 Å². The van der Waals surface area contributed by atoms with E-state index in [0.717, 1.165) is 32.1 Å². The molecule has 0 amide bonds. The summed E-state index contributed by atoms with van der Waals surface area (Å²) in [5.74, 6) is 2.39. The van der Waals surface area contributed by atoms with Crippen LogP contribution in [0.25, 0.3) is 0 Å². The van der Waals surface area contributed by atoms with Crippen LogP contribution in [0.5, 0.6) is 0 Å². The maximum Gasteiger partial charge on any atom is 0.338 e. The molecule has 8 heteroatoms.